The quantitative estimate of drug-likeness (QED) is 0.646. The van der Waals surface area contributed by atoms with Crippen molar-refractivity contribution in [1.29, 1.82) is 5.41 Å². The largest absolute Gasteiger partial charge is 0.384 e. The number of nitrogens with one attached hydrogen (secondary N) is 1. The topological polar surface area (TPSA) is 62.3 Å². The molecule has 104 valence electrons. The molecule has 2 rings (SSSR count). The lowest BCUT2D eigenvalue weighted by Crippen LogP contribution is -2.35. The van der Waals surface area contributed by atoms with Crippen molar-refractivity contribution in [3.63, 3.8) is 0 Å². The first-order valence-electron chi connectivity index (χ1n) is 6.49. The highest BCUT2D eigenvalue weighted by atomic mass is 19.1. The molecule has 0 atom stereocenters. The maximum atomic E-state index is 14.0. The normalized spacial score (nSPS) is 16.6. The summed E-state index contributed by atoms with van der Waals surface area (Å²) in [5, 5.41) is 7.30. The van der Waals surface area contributed by atoms with Gasteiger partial charge >= 0.3 is 0 Å². The number of ether oxygens (including phenoxy) is 1. The lowest BCUT2D eigenvalue weighted by Gasteiger charge is -2.33. The molecule has 1 aliphatic rings. The van der Waals surface area contributed by atoms with Gasteiger partial charge in [-0.1, -0.05) is 0 Å². The summed E-state index contributed by atoms with van der Waals surface area (Å²) >= 11 is 0. The molecule has 4 nitrogen and oxygen atoms in total. The van der Waals surface area contributed by atoms with Crippen LogP contribution in [-0.2, 0) is 4.74 Å². The fraction of sp³-hybridized carbons (Fsp3) is 0.500. The zero-order valence-corrected chi connectivity index (χ0v) is 11.2. The number of nitrogens with zero attached hydrogens (tertiary/aromatic N) is 1. The van der Waals surface area contributed by atoms with Crippen LogP contribution >= 0.6 is 0 Å². The summed E-state index contributed by atoms with van der Waals surface area (Å²) in [5.41, 5.74) is 6.38. The third-order valence-corrected chi connectivity index (χ3v) is 3.62. The van der Waals surface area contributed by atoms with E-state index in [1.54, 1.807) is 19.2 Å². The number of nitrogen functional groups attached to an aromatic ring is 1. The monoisotopic (exact) mass is 265 g/mol. The molecule has 0 amide bonds. The van der Waals surface area contributed by atoms with Gasteiger partial charge in [-0.2, -0.15) is 0 Å². The standard InChI is InChI=1S/C14H20FN3O/c1-19-9-10-4-6-18(7-5-10)13-3-2-11(14(16)17)8-12(13)15/h2-3,8,10H,4-7,9H2,1H3,(H3,16,17). The Bertz CT molecular complexity index is 456. The first-order chi connectivity index (χ1) is 9.11. The van der Waals surface area contributed by atoms with Gasteiger partial charge in [-0.05, 0) is 37.0 Å². The van der Waals surface area contributed by atoms with Crippen LogP contribution in [0.1, 0.15) is 18.4 Å². The molecule has 1 aliphatic heterocycles. The summed E-state index contributed by atoms with van der Waals surface area (Å²) in [6.45, 7) is 2.45. The maximum Gasteiger partial charge on any atom is 0.147 e. The molecule has 3 N–H and O–H groups in total. The zero-order chi connectivity index (χ0) is 13.8. The lowest BCUT2D eigenvalue weighted by atomic mass is 9.97. The molecule has 19 heavy (non-hydrogen) atoms. The van der Waals surface area contributed by atoms with E-state index >= 15 is 0 Å². The molecule has 1 heterocycles. The number of hydrogen-bond acceptors (Lipinski definition) is 3. The van der Waals surface area contributed by atoms with Crippen LogP contribution in [0.2, 0.25) is 0 Å². The van der Waals surface area contributed by atoms with Gasteiger partial charge in [0.15, 0.2) is 0 Å². The van der Waals surface area contributed by atoms with Crippen molar-refractivity contribution in [2.24, 2.45) is 11.7 Å². The Morgan fingerprint density at radius 2 is 2.16 bits per heavy atom. The van der Waals surface area contributed by atoms with Crippen LogP contribution < -0.4 is 10.6 Å². The Morgan fingerprint density at radius 1 is 1.47 bits per heavy atom. The van der Waals surface area contributed by atoms with Crippen molar-refractivity contribution in [1.82, 2.24) is 0 Å². The molecule has 0 radical (unpaired) electrons. The molecular weight excluding hydrogens is 245 g/mol. The van der Waals surface area contributed by atoms with Gasteiger partial charge in [-0.3, -0.25) is 5.41 Å². The average Bonchev–Trinajstić information content (AvgIpc) is 2.40. The summed E-state index contributed by atoms with van der Waals surface area (Å²) in [6, 6.07) is 4.74. The van der Waals surface area contributed by atoms with E-state index in [9.17, 15) is 4.39 Å². The smallest absolute Gasteiger partial charge is 0.147 e. The molecule has 5 heteroatoms. The van der Waals surface area contributed by atoms with E-state index in [-0.39, 0.29) is 11.7 Å². The number of benzene rings is 1. The fourth-order valence-electron chi connectivity index (χ4n) is 2.51. The summed E-state index contributed by atoms with van der Waals surface area (Å²) in [5.74, 6) is 0.156. The second-order valence-corrected chi connectivity index (χ2v) is 4.97. The van der Waals surface area contributed by atoms with Crippen LogP contribution in [0.5, 0.6) is 0 Å². The van der Waals surface area contributed by atoms with Gasteiger partial charge in [0.1, 0.15) is 11.7 Å². The zero-order valence-electron chi connectivity index (χ0n) is 11.2. The van der Waals surface area contributed by atoms with Crippen molar-refractivity contribution in [2.45, 2.75) is 12.8 Å². The predicted molar refractivity (Wildman–Crippen MR) is 74.2 cm³/mol. The van der Waals surface area contributed by atoms with E-state index < -0.39 is 0 Å². The van der Waals surface area contributed by atoms with Crippen molar-refractivity contribution < 1.29 is 9.13 Å². The van der Waals surface area contributed by atoms with E-state index in [4.69, 9.17) is 15.9 Å². The molecule has 1 aromatic carbocycles. The number of anilines is 1. The van der Waals surface area contributed by atoms with Gasteiger partial charge in [-0.25, -0.2) is 4.39 Å². The van der Waals surface area contributed by atoms with Crippen LogP contribution in [0.3, 0.4) is 0 Å². The number of halogens is 1. The Kier molecular flexibility index (Phi) is 4.37. The molecule has 0 aliphatic carbocycles. The van der Waals surface area contributed by atoms with Crippen LogP contribution in [0.25, 0.3) is 0 Å². The Labute approximate surface area is 112 Å². The van der Waals surface area contributed by atoms with Gasteiger partial charge in [0, 0.05) is 32.4 Å². The second kappa shape index (κ2) is 6.02. The van der Waals surface area contributed by atoms with Gasteiger partial charge in [0.05, 0.1) is 5.69 Å². The predicted octanol–water partition coefficient (Wildman–Crippen LogP) is 1.97. The molecule has 0 spiro atoms. The highest BCUT2D eigenvalue weighted by Crippen LogP contribution is 2.26. The highest BCUT2D eigenvalue weighted by molar-refractivity contribution is 5.95. The maximum absolute atomic E-state index is 14.0. The second-order valence-electron chi connectivity index (χ2n) is 4.97. The SMILES string of the molecule is COCC1CCN(c2ccc(C(=N)N)cc2F)CC1. The van der Waals surface area contributed by atoms with Crippen molar-refractivity contribution in [2.75, 3.05) is 31.7 Å². The summed E-state index contributed by atoms with van der Waals surface area (Å²) < 4.78 is 19.2. The number of piperidine rings is 1. The number of methoxy groups -OCH3 is 1. The third-order valence-electron chi connectivity index (χ3n) is 3.62. The first-order valence-corrected chi connectivity index (χ1v) is 6.49. The molecule has 1 fully saturated rings. The van der Waals surface area contributed by atoms with E-state index in [0.717, 1.165) is 32.5 Å². The van der Waals surface area contributed by atoms with Crippen molar-refractivity contribution in [3.05, 3.63) is 29.6 Å². The van der Waals surface area contributed by atoms with Crippen LogP contribution in [0.15, 0.2) is 18.2 Å². The molecule has 0 bridgehead atoms. The molecular formula is C14H20FN3O. The van der Waals surface area contributed by atoms with E-state index in [2.05, 4.69) is 0 Å². The summed E-state index contributed by atoms with van der Waals surface area (Å²) in [6.07, 6.45) is 2.03. The van der Waals surface area contributed by atoms with Gasteiger partial charge < -0.3 is 15.4 Å². The van der Waals surface area contributed by atoms with E-state index in [1.165, 1.54) is 6.07 Å². The van der Waals surface area contributed by atoms with Gasteiger partial charge in [0.25, 0.3) is 0 Å². The minimum atomic E-state index is -0.308. The highest BCUT2D eigenvalue weighted by Gasteiger charge is 2.21. The Balaban J connectivity index is 2.05. The van der Waals surface area contributed by atoms with E-state index in [0.29, 0.717) is 17.2 Å². The van der Waals surface area contributed by atoms with Crippen LogP contribution in [0.4, 0.5) is 10.1 Å². The third kappa shape index (κ3) is 3.23. The average molecular weight is 265 g/mol. The van der Waals surface area contributed by atoms with Gasteiger partial charge in [-0.15, -0.1) is 0 Å². The van der Waals surface area contributed by atoms with E-state index in [1.807, 2.05) is 4.90 Å². The van der Waals surface area contributed by atoms with Crippen molar-refractivity contribution >= 4 is 11.5 Å². The number of hydrogen-bond donors (Lipinski definition) is 2. The Hall–Kier alpha value is -1.62. The lowest BCUT2D eigenvalue weighted by molar-refractivity contribution is 0.139. The number of rotatable bonds is 4. The van der Waals surface area contributed by atoms with Gasteiger partial charge in [0.2, 0.25) is 0 Å². The summed E-state index contributed by atoms with van der Waals surface area (Å²) in [7, 11) is 1.71. The number of nitrogens with two attached hydrogens (primary N) is 1. The summed E-state index contributed by atoms with van der Waals surface area (Å²) in [4.78, 5) is 2.05. The molecule has 0 saturated carbocycles. The Morgan fingerprint density at radius 3 is 2.68 bits per heavy atom. The van der Waals surface area contributed by atoms with Crippen LogP contribution in [0, 0.1) is 17.1 Å². The van der Waals surface area contributed by atoms with Crippen LogP contribution in [-0.4, -0.2) is 32.6 Å². The molecule has 0 aromatic heterocycles. The number of amidine groups is 1. The fourth-order valence-corrected chi connectivity index (χ4v) is 2.51. The minimum Gasteiger partial charge on any atom is -0.384 e. The molecule has 1 aromatic rings. The first kappa shape index (κ1) is 13.8. The molecule has 1 saturated heterocycles. The minimum absolute atomic E-state index is 0.107. The van der Waals surface area contributed by atoms with Crippen molar-refractivity contribution in [3.8, 4) is 0 Å². The molecule has 0 unspecified atom stereocenters.